The zero-order valence-electron chi connectivity index (χ0n) is 44.8. The van der Waals surface area contributed by atoms with E-state index in [1.165, 1.54) is 122 Å². The van der Waals surface area contributed by atoms with Crippen molar-refractivity contribution in [2.24, 2.45) is 0 Å². The van der Waals surface area contributed by atoms with Crippen molar-refractivity contribution in [1.82, 2.24) is 0 Å². The van der Waals surface area contributed by atoms with Gasteiger partial charge in [-0.25, -0.2) is 0 Å². The van der Waals surface area contributed by atoms with Crippen molar-refractivity contribution < 1.29 is 28.6 Å². The van der Waals surface area contributed by atoms with Gasteiger partial charge < -0.3 is 14.2 Å². The van der Waals surface area contributed by atoms with Crippen LogP contribution in [0.4, 0.5) is 0 Å². The summed E-state index contributed by atoms with van der Waals surface area (Å²) in [4.78, 5) is 38.2. The van der Waals surface area contributed by atoms with E-state index in [2.05, 4.69) is 81.5 Å². The predicted octanol–water partition coefficient (Wildman–Crippen LogP) is 19.1. The first-order chi connectivity index (χ1) is 34.0. The molecule has 0 aliphatic carbocycles. The molecule has 392 valence electrons. The number of ether oxygens (including phenoxy) is 3. The highest BCUT2D eigenvalue weighted by atomic mass is 16.6. The van der Waals surface area contributed by atoms with Crippen molar-refractivity contribution in [3.05, 3.63) is 109 Å². The number of rotatable bonds is 50. The van der Waals surface area contributed by atoms with Gasteiger partial charge in [-0.05, 0) is 96.3 Å². The Hall–Kier alpha value is -3.93. The lowest BCUT2D eigenvalue weighted by Crippen LogP contribution is -2.30. The second-order valence-corrected chi connectivity index (χ2v) is 18.6. The predicted molar refractivity (Wildman–Crippen MR) is 297 cm³/mol. The molecule has 0 amide bonds. The summed E-state index contributed by atoms with van der Waals surface area (Å²) in [6, 6.07) is 0. The lowest BCUT2D eigenvalue weighted by atomic mass is 10.1. The SMILES string of the molecule is CC\C=C/C=C\C=C/C=C\C=C/CCCCCC(=O)OCC(COC(=O)CCCCCCCCCCC/C=C\C/C=C\C/C=C\CC)OC(=O)CCCCCCCCC/C=C\CCCCCCCC. The van der Waals surface area contributed by atoms with Crippen LogP contribution in [0.5, 0.6) is 0 Å². The molecule has 0 heterocycles. The fourth-order valence-corrected chi connectivity index (χ4v) is 7.65. The van der Waals surface area contributed by atoms with Gasteiger partial charge in [0, 0.05) is 19.3 Å². The molecule has 0 bridgehead atoms. The van der Waals surface area contributed by atoms with Crippen molar-refractivity contribution in [3.63, 3.8) is 0 Å². The molecule has 0 fully saturated rings. The second kappa shape index (κ2) is 56.7. The molecule has 0 aromatic rings. The summed E-state index contributed by atoms with van der Waals surface area (Å²) >= 11 is 0. The summed E-state index contributed by atoms with van der Waals surface area (Å²) in [7, 11) is 0. The zero-order valence-corrected chi connectivity index (χ0v) is 44.8. The van der Waals surface area contributed by atoms with Crippen LogP contribution in [0.3, 0.4) is 0 Å². The van der Waals surface area contributed by atoms with Gasteiger partial charge in [0.05, 0.1) is 0 Å². The molecular formula is C63H104O6. The zero-order chi connectivity index (χ0) is 50.0. The molecule has 0 N–H and O–H groups in total. The number of unbranched alkanes of at least 4 members (excludes halogenated alkanes) is 25. The van der Waals surface area contributed by atoms with E-state index in [1.807, 2.05) is 48.6 Å². The van der Waals surface area contributed by atoms with E-state index in [9.17, 15) is 14.4 Å². The summed E-state index contributed by atoms with van der Waals surface area (Å²) in [6.45, 7) is 6.34. The van der Waals surface area contributed by atoms with Crippen LogP contribution < -0.4 is 0 Å². The van der Waals surface area contributed by atoms with Crippen LogP contribution >= 0.6 is 0 Å². The van der Waals surface area contributed by atoms with E-state index >= 15 is 0 Å². The molecule has 0 aliphatic rings. The van der Waals surface area contributed by atoms with E-state index in [1.54, 1.807) is 0 Å². The molecule has 0 radical (unpaired) electrons. The van der Waals surface area contributed by atoms with Gasteiger partial charge >= 0.3 is 17.9 Å². The van der Waals surface area contributed by atoms with E-state index in [-0.39, 0.29) is 31.1 Å². The Balaban J connectivity index is 4.46. The monoisotopic (exact) mass is 957 g/mol. The third-order valence-corrected chi connectivity index (χ3v) is 11.9. The molecule has 6 heteroatoms. The first-order valence-corrected chi connectivity index (χ1v) is 28.5. The molecular weight excluding hydrogens is 853 g/mol. The topological polar surface area (TPSA) is 78.9 Å². The van der Waals surface area contributed by atoms with Crippen LogP contribution in [0.2, 0.25) is 0 Å². The molecule has 1 atom stereocenters. The van der Waals surface area contributed by atoms with Crippen LogP contribution in [0, 0.1) is 0 Å². The van der Waals surface area contributed by atoms with Gasteiger partial charge in [-0.3, -0.25) is 14.4 Å². The number of carbonyl (C=O) groups excluding carboxylic acids is 3. The molecule has 1 unspecified atom stereocenters. The van der Waals surface area contributed by atoms with Crippen LogP contribution in [0.25, 0.3) is 0 Å². The minimum atomic E-state index is -0.802. The minimum absolute atomic E-state index is 0.0978. The third-order valence-electron chi connectivity index (χ3n) is 11.9. The van der Waals surface area contributed by atoms with Gasteiger partial charge in [0.15, 0.2) is 6.10 Å². The lowest BCUT2D eigenvalue weighted by Gasteiger charge is -2.18. The number of hydrogen-bond acceptors (Lipinski definition) is 6. The minimum Gasteiger partial charge on any atom is -0.462 e. The Morgan fingerprint density at radius 1 is 0.319 bits per heavy atom. The third kappa shape index (κ3) is 54.9. The normalized spacial score (nSPS) is 12.9. The highest BCUT2D eigenvalue weighted by molar-refractivity contribution is 5.71. The van der Waals surface area contributed by atoms with Crippen LogP contribution in [-0.4, -0.2) is 37.2 Å². The highest BCUT2D eigenvalue weighted by Gasteiger charge is 2.19. The standard InChI is InChI=1S/C63H104O6/c1-4-7-10-13-16-19-22-25-28-30-31-33-35-38-41-44-47-50-53-56-62(65)68-59-60(58-67-61(64)55-52-49-46-43-40-37-34-27-24-21-18-15-12-9-6-3)69-63(66)57-54-51-48-45-42-39-36-32-29-26-23-20-17-14-11-8-5-2/h7,9-10,12,15-16,18-19,21,24-29,34,37,40,60H,4-6,8,11,13-14,17,20,22-23,30-33,35-36,38-39,41-59H2,1-3H3/b10-7-,12-9-,18-15-,19-16-,24-21-,28-25-,29-26-,34-27-,40-37-. The molecule has 0 saturated heterocycles. The summed E-state index contributed by atoms with van der Waals surface area (Å²) in [5.74, 6) is -0.949. The highest BCUT2D eigenvalue weighted by Crippen LogP contribution is 2.15. The average molecular weight is 958 g/mol. The fourth-order valence-electron chi connectivity index (χ4n) is 7.65. The van der Waals surface area contributed by atoms with E-state index in [0.717, 1.165) is 89.9 Å². The average Bonchev–Trinajstić information content (AvgIpc) is 3.35. The summed E-state index contributed by atoms with van der Waals surface area (Å²) in [6.07, 6.45) is 76.5. The number of allylic oxidation sites excluding steroid dienone is 18. The second-order valence-electron chi connectivity index (χ2n) is 18.6. The Morgan fingerprint density at radius 3 is 1.09 bits per heavy atom. The van der Waals surface area contributed by atoms with Gasteiger partial charge in [0.25, 0.3) is 0 Å². The van der Waals surface area contributed by atoms with Crippen LogP contribution in [-0.2, 0) is 28.6 Å². The molecule has 0 spiro atoms. The Bertz CT molecular complexity index is 1420. The van der Waals surface area contributed by atoms with Gasteiger partial charge in [-0.2, -0.15) is 0 Å². The van der Waals surface area contributed by atoms with Crippen LogP contribution in [0.1, 0.15) is 252 Å². The molecule has 0 aromatic carbocycles. The van der Waals surface area contributed by atoms with E-state index in [0.29, 0.717) is 19.3 Å². The maximum absolute atomic E-state index is 12.9. The van der Waals surface area contributed by atoms with Crippen molar-refractivity contribution >= 4 is 17.9 Å². The maximum Gasteiger partial charge on any atom is 0.306 e. The van der Waals surface area contributed by atoms with Crippen molar-refractivity contribution in [3.8, 4) is 0 Å². The first-order valence-electron chi connectivity index (χ1n) is 28.5. The maximum atomic E-state index is 12.9. The number of hydrogen-bond donors (Lipinski definition) is 0. The van der Waals surface area contributed by atoms with Gasteiger partial charge in [-0.15, -0.1) is 0 Å². The Morgan fingerprint density at radius 2 is 0.638 bits per heavy atom. The quantitative estimate of drug-likeness (QED) is 0.0199. The molecule has 6 nitrogen and oxygen atoms in total. The number of esters is 3. The molecule has 0 aromatic heterocycles. The van der Waals surface area contributed by atoms with Gasteiger partial charge in [-0.1, -0.05) is 246 Å². The lowest BCUT2D eigenvalue weighted by molar-refractivity contribution is -0.167. The Labute approximate surface area is 425 Å². The van der Waals surface area contributed by atoms with E-state index in [4.69, 9.17) is 14.2 Å². The summed E-state index contributed by atoms with van der Waals surface area (Å²) < 4.78 is 16.8. The van der Waals surface area contributed by atoms with Crippen molar-refractivity contribution in [2.75, 3.05) is 13.2 Å². The largest absolute Gasteiger partial charge is 0.462 e. The number of carbonyl (C=O) groups is 3. The fraction of sp³-hybridized carbons (Fsp3) is 0.667. The van der Waals surface area contributed by atoms with E-state index < -0.39 is 6.10 Å². The molecule has 0 aliphatic heterocycles. The Kier molecular flexibility index (Phi) is 53.4. The molecule has 69 heavy (non-hydrogen) atoms. The molecule has 0 saturated carbocycles. The summed E-state index contributed by atoms with van der Waals surface area (Å²) in [5.41, 5.74) is 0. The first kappa shape index (κ1) is 65.1. The summed E-state index contributed by atoms with van der Waals surface area (Å²) in [5, 5.41) is 0. The molecule has 0 rings (SSSR count). The van der Waals surface area contributed by atoms with Crippen molar-refractivity contribution in [1.29, 1.82) is 0 Å². The van der Waals surface area contributed by atoms with Gasteiger partial charge in [0.2, 0.25) is 0 Å². The van der Waals surface area contributed by atoms with Crippen LogP contribution in [0.15, 0.2) is 109 Å². The van der Waals surface area contributed by atoms with Gasteiger partial charge in [0.1, 0.15) is 13.2 Å². The van der Waals surface area contributed by atoms with Crippen molar-refractivity contribution in [2.45, 2.75) is 258 Å². The smallest absolute Gasteiger partial charge is 0.306 e.